The lowest BCUT2D eigenvalue weighted by Crippen LogP contribution is -2.42. The summed E-state index contributed by atoms with van der Waals surface area (Å²) in [5.74, 6) is -0.796. The monoisotopic (exact) mass is 229 g/mol. The van der Waals surface area contributed by atoms with Crippen LogP contribution in [-0.4, -0.2) is 16.1 Å². The first-order chi connectivity index (χ1) is 6.65. The molecule has 0 spiro atoms. The summed E-state index contributed by atoms with van der Waals surface area (Å²) in [6.45, 7) is 0. The number of aliphatic carboxylic acids is 1. The minimum atomic E-state index is -0.796. The van der Waals surface area contributed by atoms with E-state index in [0.717, 1.165) is 6.42 Å². The van der Waals surface area contributed by atoms with Crippen molar-refractivity contribution in [1.29, 1.82) is 0 Å². The van der Waals surface area contributed by atoms with E-state index in [1.165, 1.54) is 12.3 Å². The van der Waals surface area contributed by atoms with Crippen LogP contribution in [0.5, 0.6) is 0 Å². The molecule has 0 bridgehead atoms. The van der Waals surface area contributed by atoms with E-state index < -0.39 is 11.4 Å². The van der Waals surface area contributed by atoms with Gasteiger partial charge in [0, 0.05) is 12.3 Å². The van der Waals surface area contributed by atoms with Crippen molar-refractivity contribution >= 4 is 18.4 Å². The second-order valence-electron chi connectivity index (χ2n) is 3.68. The lowest BCUT2D eigenvalue weighted by molar-refractivity contribution is -0.147. The average molecular weight is 230 g/mol. The highest BCUT2D eigenvalue weighted by atomic mass is 35.5. The van der Waals surface area contributed by atoms with Crippen molar-refractivity contribution in [3.8, 4) is 0 Å². The Morgan fingerprint density at radius 2 is 2.07 bits per heavy atom. The maximum Gasteiger partial charge on any atom is 0.314 e. The van der Waals surface area contributed by atoms with E-state index in [0.29, 0.717) is 18.4 Å². The number of aromatic nitrogens is 1. The molecule has 0 amide bonds. The Hall–Kier alpha value is -1.29. The number of carboxylic acids is 1. The van der Waals surface area contributed by atoms with Crippen molar-refractivity contribution in [2.75, 3.05) is 0 Å². The largest absolute Gasteiger partial charge is 0.481 e. The number of hydrogen-bond donors (Lipinski definition) is 2. The molecule has 1 aliphatic rings. The van der Waals surface area contributed by atoms with Crippen LogP contribution in [0.25, 0.3) is 0 Å². The molecular formula is C10H12ClNO3. The van der Waals surface area contributed by atoms with E-state index in [9.17, 15) is 9.59 Å². The van der Waals surface area contributed by atoms with E-state index in [1.54, 1.807) is 6.07 Å². The third-order valence-electron chi connectivity index (χ3n) is 2.95. The number of hydrogen-bond acceptors (Lipinski definition) is 2. The van der Waals surface area contributed by atoms with Gasteiger partial charge in [-0.05, 0) is 18.4 Å². The van der Waals surface area contributed by atoms with Gasteiger partial charge >= 0.3 is 5.97 Å². The Morgan fingerprint density at radius 3 is 2.40 bits per heavy atom. The van der Waals surface area contributed by atoms with Crippen LogP contribution in [0, 0.1) is 0 Å². The summed E-state index contributed by atoms with van der Waals surface area (Å²) < 4.78 is 0. The van der Waals surface area contributed by atoms with Crippen LogP contribution < -0.4 is 5.56 Å². The molecule has 0 unspecified atom stereocenters. The first-order valence-corrected chi connectivity index (χ1v) is 4.58. The van der Waals surface area contributed by atoms with Crippen LogP contribution in [0.2, 0.25) is 0 Å². The highest BCUT2D eigenvalue weighted by Crippen LogP contribution is 2.43. The molecule has 1 heterocycles. The number of rotatable bonds is 2. The van der Waals surface area contributed by atoms with Gasteiger partial charge in [-0.3, -0.25) is 9.59 Å². The van der Waals surface area contributed by atoms with Crippen molar-refractivity contribution in [1.82, 2.24) is 4.98 Å². The van der Waals surface area contributed by atoms with Gasteiger partial charge in [-0.2, -0.15) is 0 Å². The second kappa shape index (κ2) is 4.06. The van der Waals surface area contributed by atoms with E-state index >= 15 is 0 Å². The lowest BCUT2D eigenvalue weighted by Gasteiger charge is -2.37. The quantitative estimate of drug-likeness (QED) is 0.803. The van der Waals surface area contributed by atoms with Crippen LogP contribution >= 0.6 is 12.4 Å². The fourth-order valence-electron chi connectivity index (χ4n) is 1.86. The average Bonchev–Trinajstić information content (AvgIpc) is 2.05. The van der Waals surface area contributed by atoms with Gasteiger partial charge in [0.2, 0.25) is 5.56 Å². The Kier molecular flexibility index (Phi) is 3.19. The summed E-state index contributed by atoms with van der Waals surface area (Å²) in [6, 6.07) is 2.98. The maximum absolute atomic E-state index is 11.1. The van der Waals surface area contributed by atoms with Crippen molar-refractivity contribution in [2.45, 2.75) is 24.7 Å². The lowest BCUT2D eigenvalue weighted by atomic mass is 9.65. The van der Waals surface area contributed by atoms with Crippen LogP contribution in [0.3, 0.4) is 0 Å². The fraction of sp³-hybridized carbons (Fsp3) is 0.400. The Morgan fingerprint density at radius 1 is 1.40 bits per heavy atom. The summed E-state index contributed by atoms with van der Waals surface area (Å²) in [7, 11) is 0. The van der Waals surface area contributed by atoms with Crippen molar-refractivity contribution in [2.24, 2.45) is 0 Å². The molecule has 1 aromatic heterocycles. The van der Waals surface area contributed by atoms with Crippen molar-refractivity contribution in [3.63, 3.8) is 0 Å². The molecule has 2 N–H and O–H groups in total. The molecule has 1 aliphatic carbocycles. The smallest absolute Gasteiger partial charge is 0.314 e. The molecule has 0 atom stereocenters. The zero-order chi connectivity index (χ0) is 10.2. The number of aromatic amines is 1. The Bertz CT molecular complexity index is 402. The number of carboxylic acid groups (broad SMARTS) is 1. The maximum atomic E-state index is 11.1. The molecule has 5 heteroatoms. The molecule has 0 aliphatic heterocycles. The Balaban J connectivity index is 0.00000112. The van der Waals surface area contributed by atoms with Gasteiger partial charge < -0.3 is 10.1 Å². The van der Waals surface area contributed by atoms with Gasteiger partial charge in [-0.15, -0.1) is 12.4 Å². The number of H-pyrrole nitrogens is 1. The number of carbonyl (C=O) groups is 1. The van der Waals surface area contributed by atoms with E-state index in [4.69, 9.17) is 5.11 Å². The molecule has 1 fully saturated rings. The van der Waals surface area contributed by atoms with Crippen LogP contribution in [-0.2, 0) is 10.2 Å². The molecule has 0 radical (unpaired) electrons. The van der Waals surface area contributed by atoms with E-state index in [2.05, 4.69) is 4.98 Å². The summed E-state index contributed by atoms with van der Waals surface area (Å²) in [4.78, 5) is 24.4. The van der Waals surface area contributed by atoms with E-state index in [-0.39, 0.29) is 18.0 Å². The predicted molar refractivity (Wildman–Crippen MR) is 57.5 cm³/mol. The van der Waals surface area contributed by atoms with Gasteiger partial charge in [0.15, 0.2) is 0 Å². The zero-order valence-corrected chi connectivity index (χ0v) is 8.84. The van der Waals surface area contributed by atoms with Gasteiger partial charge in [-0.25, -0.2) is 0 Å². The molecular weight excluding hydrogens is 218 g/mol. The number of nitrogens with one attached hydrogen (secondary N) is 1. The van der Waals surface area contributed by atoms with E-state index in [1.807, 2.05) is 0 Å². The molecule has 1 aromatic rings. The highest BCUT2D eigenvalue weighted by molar-refractivity contribution is 5.85. The second-order valence-corrected chi connectivity index (χ2v) is 3.68. The predicted octanol–water partition coefficient (Wildman–Crippen LogP) is 1.30. The number of pyridine rings is 1. The summed E-state index contributed by atoms with van der Waals surface area (Å²) in [5.41, 5.74) is -0.242. The van der Waals surface area contributed by atoms with Crippen molar-refractivity contribution in [3.05, 3.63) is 34.2 Å². The minimum Gasteiger partial charge on any atom is -0.481 e. The molecule has 2 rings (SSSR count). The van der Waals surface area contributed by atoms with Crippen LogP contribution in [0.15, 0.2) is 23.1 Å². The molecule has 0 aromatic carbocycles. The Labute approximate surface area is 92.7 Å². The van der Waals surface area contributed by atoms with Gasteiger partial charge in [0.05, 0.1) is 5.41 Å². The standard InChI is InChI=1S/C10H11NO3.ClH/c12-8-3-2-7(6-11-8)10(9(13)14)4-1-5-10;/h2-3,6H,1,4-5H2,(H,11,12)(H,13,14);1H. The molecule has 1 saturated carbocycles. The SMILES string of the molecule is Cl.O=C(O)C1(c2ccc(=O)[nH]c2)CCC1. The minimum absolute atomic E-state index is 0. The summed E-state index contributed by atoms with van der Waals surface area (Å²) in [5, 5.41) is 9.11. The third kappa shape index (κ3) is 1.77. The van der Waals surface area contributed by atoms with Crippen LogP contribution in [0.4, 0.5) is 0 Å². The fourth-order valence-corrected chi connectivity index (χ4v) is 1.86. The first-order valence-electron chi connectivity index (χ1n) is 4.58. The van der Waals surface area contributed by atoms with Gasteiger partial charge in [0.1, 0.15) is 0 Å². The zero-order valence-electron chi connectivity index (χ0n) is 8.03. The summed E-state index contributed by atoms with van der Waals surface area (Å²) in [6.07, 6.45) is 3.77. The van der Waals surface area contributed by atoms with Crippen molar-refractivity contribution < 1.29 is 9.90 Å². The molecule has 82 valence electrons. The normalized spacial score (nSPS) is 17.3. The molecule has 4 nitrogen and oxygen atoms in total. The third-order valence-corrected chi connectivity index (χ3v) is 2.95. The van der Waals surface area contributed by atoms with Gasteiger partial charge in [0.25, 0.3) is 0 Å². The number of halogens is 1. The van der Waals surface area contributed by atoms with Gasteiger partial charge in [-0.1, -0.05) is 12.5 Å². The van der Waals surface area contributed by atoms with Crippen LogP contribution in [0.1, 0.15) is 24.8 Å². The molecule has 0 saturated heterocycles. The molecule has 15 heavy (non-hydrogen) atoms. The first kappa shape index (κ1) is 11.8. The summed E-state index contributed by atoms with van der Waals surface area (Å²) >= 11 is 0. The highest BCUT2D eigenvalue weighted by Gasteiger charge is 2.45. The topological polar surface area (TPSA) is 70.2 Å².